The lowest BCUT2D eigenvalue weighted by atomic mass is 10.1. The molecule has 0 fully saturated rings. The number of non-ortho nitro benzene ring substituents is 1. The molecule has 0 bridgehead atoms. The van der Waals surface area contributed by atoms with Crippen LogP contribution >= 0.6 is 0 Å². The maximum Gasteiger partial charge on any atom is 0.329 e. The van der Waals surface area contributed by atoms with Gasteiger partial charge in [-0.3, -0.25) is 19.7 Å². The molecule has 134 valence electrons. The van der Waals surface area contributed by atoms with Gasteiger partial charge in [-0.25, -0.2) is 5.43 Å². The Balaban J connectivity index is 2.07. The van der Waals surface area contributed by atoms with Crippen LogP contribution in [0, 0.1) is 24.0 Å². The Morgan fingerprint density at radius 3 is 2.27 bits per heavy atom. The molecule has 0 aromatic heterocycles. The molecule has 8 nitrogen and oxygen atoms in total. The number of para-hydroxylation sites is 1. The number of nitro benzene ring substituents is 1. The number of benzene rings is 2. The van der Waals surface area contributed by atoms with E-state index in [-0.39, 0.29) is 5.69 Å². The highest BCUT2D eigenvalue weighted by Gasteiger charge is 2.15. The molecule has 0 saturated heterocycles. The molecule has 8 heteroatoms. The lowest BCUT2D eigenvalue weighted by Gasteiger charge is -2.10. The van der Waals surface area contributed by atoms with Crippen molar-refractivity contribution in [3.63, 3.8) is 0 Å². The summed E-state index contributed by atoms with van der Waals surface area (Å²) in [6, 6.07) is 11.3. The summed E-state index contributed by atoms with van der Waals surface area (Å²) in [5, 5.41) is 17.2. The van der Waals surface area contributed by atoms with E-state index in [1.165, 1.54) is 18.2 Å². The summed E-state index contributed by atoms with van der Waals surface area (Å²) >= 11 is 0. The first-order valence-electron chi connectivity index (χ1n) is 7.76. The molecule has 2 rings (SSSR count). The Bertz CT molecular complexity index is 886. The number of carbonyl (C=O) groups excluding carboxylic acids is 2. The zero-order valence-electron chi connectivity index (χ0n) is 14.6. The third-order valence-electron chi connectivity index (χ3n) is 3.73. The van der Waals surface area contributed by atoms with Gasteiger partial charge >= 0.3 is 11.8 Å². The summed E-state index contributed by atoms with van der Waals surface area (Å²) in [7, 11) is 0. The van der Waals surface area contributed by atoms with Crippen LogP contribution in [0.5, 0.6) is 0 Å². The van der Waals surface area contributed by atoms with Crippen LogP contribution in [-0.4, -0.2) is 22.4 Å². The van der Waals surface area contributed by atoms with Crippen molar-refractivity contribution in [1.29, 1.82) is 0 Å². The van der Waals surface area contributed by atoms with Gasteiger partial charge in [0.05, 0.1) is 10.6 Å². The number of rotatable bonds is 4. The zero-order valence-corrected chi connectivity index (χ0v) is 14.6. The number of nitrogens with one attached hydrogen (secondary N) is 2. The lowest BCUT2D eigenvalue weighted by Crippen LogP contribution is -2.33. The summed E-state index contributed by atoms with van der Waals surface area (Å²) in [5.41, 5.74) is 5.12. The van der Waals surface area contributed by atoms with Gasteiger partial charge in [0.2, 0.25) is 0 Å². The maximum absolute atomic E-state index is 12.0. The first-order valence-corrected chi connectivity index (χ1v) is 7.76. The van der Waals surface area contributed by atoms with Crippen molar-refractivity contribution in [2.75, 3.05) is 5.32 Å². The number of nitro groups is 1. The van der Waals surface area contributed by atoms with Crippen LogP contribution in [0.4, 0.5) is 11.4 Å². The standard InChI is InChI=1S/C18H18N4O4/c1-11-6-4-7-12(2)16(11)19-17(23)18(24)21-20-13(3)14-8-5-9-15(10-14)22(25)26/h4-10H,1-3H3,(H,19,23)(H,21,24)/b20-13+. The van der Waals surface area contributed by atoms with Crippen molar-refractivity contribution in [2.45, 2.75) is 20.8 Å². The van der Waals surface area contributed by atoms with Crippen molar-refractivity contribution < 1.29 is 14.5 Å². The summed E-state index contributed by atoms with van der Waals surface area (Å²) in [4.78, 5) is 34.3. The molecule has 0 atom stereocenters. The first kappa shape index (κ1) is 18.8. The van der Waals surface area contributed by atoms with Crippen LogP contribution in [0.25, 0.3) is 0 Å². The van der Waals surface area contributed by atoms with Crippen LogP contribution in [0.2, 0.25) is 0 Å². The molecule has 2 aromatic carbocycles. The van der Waals surface area contributed by atoms with Crippen LogP contribution in [-0.2, 0) is 9.59 Å². The molecule has 2 N–H and O–H groups in total. The average Bonchev–Trinajstić information content (AvgIpc) is 2.62. The predicted octanol–water partition coefficient (Wildman–Crippen LogP) is 2.69. The Labute approximate surface area is 150 Å². The normalized spacial score (nSPS) is 11.0. The third-order valence-corrected chi connectivity index (χ3v) is 3.73. The molecule has 0 radical (unpaired) electrons. The number of hydrogen-bond acceptors (Lipinski definition) is 5. The lowest BCUT2D eigenvalue weighted by molar-refractivity contribution is -0.384. The highest BCUT2D eigenvalue weighted by atomic mass is 16.6. The van der Waals surface area contributed by atoms with E-state index in [4.69, 9.17) is 0 Å². The molecule has 2 amide bonds. The van der Waals surface area contributed by atoms with Crippen molar-refractivity contribution >= 4 is 28.9 Å². The second-order valence-corrected chi connectivity index (χ2v) is 5.67. The van der Waals surface area contributed by atoms with Gasteiger partial charge in [-0.1, -0.05) is 30.3 Å². The van der Waals surface area contributed by atoms with Crippen molar-refractivity contribution in [1.82, 2.24) is 5.43 Å². The summed E-state index contributed by atoms with van der Waals surface area (Å²) in [5.74, 6) is -1.78. The van der Waals surface area contributed by atoms with Gasteiger partial charge in [0, 0.05) is 23.4 Å². The number of anilines is 1. The molecular weight excluding hydrogens is 336 g/mol. The van der Waals surface area contributed by atoms with E-state index < -0.39 is 16.7 Å². The van der Waals surface area contributed by atoms with Gasteiger partial charge in [-0.2, -0.15) is 5.10 Å². The van der Waals surface area contributed by atoms with E-state index in [2.05, 4.69) is 15.8 Å². The monoisotopic (exact) mass is 354 g/mol. The van der Waals surface area contributed by atoms with E-state index in [0.717, 1.165) is 11.1 Å². The molecule has 2 aromatic rings. The number of aryl methyl sites for hydroxylation is 2. The van der Waals surface area contributed by atoms with Gasteiger partial charge in [0.1, 0.15) is 0 Å². The fourth-order valence-electron chi connectivity index (χ4n) is 2.28. The summed E-state index contributed by atoms with van der Waals surface area (Å²) in [6.45, 7) is 5.22. The Morgan fingerprint density at radius 2 is 1.65 bits per heavy atom. The van der Waals surface area contributed by atoms with Gasteiger partial charge in [-0.05, 0) is 31.9 Å². The topological polar surface area (TPSA) is 114 Å². The third kappa shape index (κ3) is 4.50. The Kier molecular flexibility index (Phi) is 5.79. The van der Waals surface area contributed by atoms with Crippen LogP contribution in [0.3, 0.4) is 0 Å². The molecule has 0 spiro atoms. The molecule has 0 heterocycles. The van der Waals surface area contributed by atoms with E-state index in [0.29, 0.717) is 17.0 Å². The van der Waals surface area contributed by atoms with Crippen LogP contribution in [0.1, 0.15) is 23.6 Å². The minimum absolute atomic E-state index is 0.0869. The van der Waals surface area contributed by atoms with E-state index >= 15 is 0 Å². The van der Waals surface area contributed by atoms with E-state index in [1.54, 1.807) is 13.0 Å². The zero-order chi connectivity index (χ0) is 19.3. The van der Waals surface area contributed by atoms with Crippen molar-refractivity contribution in [2.24, 2.45) is 5.10 Å². The first-order chi connectivity index (χ1) is 12.3. The molecule has 0 aliphatic carbocycles. The highest BCUT2D eigenvalue weighted by molar-refractivity contribution is 6.39. The number of nitrogens with zero attached hydrogens (tertiary/aromatic N) is 2. The SMILES string of the molecule is C/C(=N\NC(=O)C(=O)Nc1c(C)cccc1C)c1cccc([N+](=O)[O-])c1. The van der Waals surface area contributed by atoms with Crippen LogP contribution in [0.15, 0.2) is 47.6 Å². The Hall–Kier alpha value is -3.55. The molecule has 0 aliphatic heterocycles. The van der Waals surface area contributed by atoms with Gasteiger partial charge in [0.15, 0.2) is 0 Å². The quantitative estimate of drug-likeness (QED) is 0.380. The minimum Gasteiger partial charge on any atom is -0.317 e. The van der Waals surface area contributed by atoms with Crippen molar-refractivity contribution in [3.8, 4) is 0 Å². The molecule has 26 heavy (non-hydrogen) atoms. The number of hydrogen-bond donors (Lipinski definition) is 2. The van der Waals surface area contributed by atoms with E-state index in [9.17, 15) is 19.7 Å². The molecule has 0 unspecified atom stereocenters. The molecular formula is C18H18N4O4. The second kappa shape index (κ2) is 8.02. The minimum atomic E-state index is -0.933. The number of hydrazone groups is 1. The van der Waals surface area contributed by atoms with Crippen LogP contribution < -0.4 is 10.7 Å². The Morgan fingerprint density at radius 1 is 1.04 bits per heavy atom. The highest BCUT2D eigenvalue weighted by Crippen LogP contribution is 2.19. The average molecular weight is 354 g/mol. The molecule has 0 aliphatic rings. The molecule has 0 saturated carbocycles. The summed E-state index contributed by atoms with van der Waals surface area (Å²) in [6.07, 6.45) is 0. The van der Waals surface area contributed by atoms with Crippen molar-refractivity contribution in [3.05, 3.63) is 69.3 Å². The van der Waals surface area contributed by atoms with Gasteiger partial charge in [0.25, 0.3) is 5.69 Å². The second-order valence-electron chi connectivity index (χ2n) is 5.67. The fraction of sp³-hybridized carbons (Fsp3) is 0.167. The van der Waals surface area contributed by atoms with Gasteiger partial charge in [-0.15, -0.1) is 0 Å². The fourth-order valence-corrected chi connectivity index (χ4v) is 2.28. The summed E-state index contributed by atoms with van der Waals surface area (Å²) < 4.78 is 0. The van der Waals surface area contributed by atoms with E-state index in [1.807, 2.05) is 32.0 Å². The van der Waals surface area contributed by atoms with Gasteiger partial charge < -0.3 is 5.32 Å². The smallest absolute Gasteiger partial charge is 0.317 e. The number of carbonyl (C=O) groups is 2. The largest absolute Gasteiger partial charge is 0.329 e. The maximum atomic E-state index is 12.0. The predicted molar refractivity (Wildman–Crippen MR) is 98.0 cm³/mol. The number of amides is 2.